The van der Waals surface area contributed by atoms with E-state index in [0.29, 0.717) is 30.6 Å². The third-order valence-electron chi connectivity index (χ3n) is 5.46. The summed E-state index contributed by atoms with van der Waals surface area (Å²) in [5.74, 6) is -0.540. The van der Waals surface area contributed by atoms with Gasteiger partial charge in [0.2, 0.25) is 11.9 Å². The van der Waals surface area contributed by atoms with Gasteiger partial charge in [-0.3, -0.25) is 25.1 Å². The van der Waals surface area contributed by atoms with Crippen LogP contribution in [0.25, 0.3) is 0 Å². The summed E-state index contributed by atoms with van der Waals surface area (Å²) in [6.07, 6.45) is 2.97. The number of hydrazine groups is 1. The van der Waals surface area contributed by atoms with Gasteiger partial charge < -0.3 is 15.1 Å². The van der Waals surface area contributed by atoms with E-state index in [9.17, 15) is 19.7 Å². The highest BCUT2D eigenvalue weighted by Gasteiger charge is 2.46. The molecule has 152 valence electrons. The average Bonchev–Trinajstić information content (AvgIpc) is 3.39. The van der Waals surface area contributed by atoms with Crippen LogP contribution in [0.2, 0.25) is 0 Å². The predicted molar refractivity (Wildman–Crippen MR) is 104 cm³/mol. The van der Waals surface area contributed by atoms with Gasteiger partial charge in [0.05, 0.1) is 6.26 Å². The Morgan fingerprint density at radius 3 is 2.45 bits per heavy atom. The zero-order valence-electron chi connectivity index (χ0n) is 15.5. The number of nitro groups is 1. The van der Waals surface area contributed by atoms with Crippen LogP contribution in [-0.4, -0.2) is 34.9 Å². The maximum absolute atomic E-state index is 12.7. The molecule has 2 aliphatic rings. The van der Waals surface area contributed by atoms with Crippen LogP contribution in [0.3, 0.4) is 0 Å². The molecule has 1 saturated carbocycles. The van der Waals surface area contributed by atoms with Gasteiger partial charge in [-0.1, -0.05) is 0 Å². The largest absolute Gasteiger partial charge is 0.459 e. The van der Waals surface area contributed by atoms with Gasteiger partial charge in [0.15, 0.2) is 5.76 Å². The molecule has 2 aromatic rings. The number of benzene rings is 1. The van der Waals surface area contributed by atoms with Gasteiger partial charge in [0, 0.05) is 41.1 Å². The summed E-state index contributed by atoms with van der Waals surface area (Å²) < 4.78 is 5.04. The van der Waals surface area contributed by atoms with Crippen molar-refractivity contribution in [1.29, 1.82) is 0 Å². The Labute approximate surface area is 166 Å². The lowest BCUT2D eigenvalue weighted by molar-refractivity contribution is -0.528. The maximum atomic E-state index is 12.7. The number of fused-ring (bicyclic) bond motifs is 1. The van der Waals surface area contributed by atoms with Crippen molar-refractivity contribution in [1.82, 2.24) is 10.9 Å². The monoisotopic (exact) mass is 399 g/mol. The second-order valence-corrected chi connectivity index (χ2v) is 7.29. The van der Waals surface area contributed by atoms with Gasteiger partial charge in [-0.15, -0.1) is 0 Å². The lowest BCUT2D eigenvalue weighted by Gasteiger charge is -2.28. The summed E-state index contributed by atoms with van der Waals surface area (Å²) in [5, 5.41) is 16.6. The standard InChI is InChI=1S/C19H21N5O5/c25-18(16-2-1-9-29-16)20-11-3-5-12(6-4-11)21-19(26)17-14-10-13(24(27)28)7-8-15(14)22-23-17/h1-6,9,13-15,17,22-23H,7-8,10H2,(H,20,25)(H,21,26). The molecule has 4 N–H and O–H groups in total. The van der Waals surface area contributed by atoms with E-state index in [-0.39, 0.29) is 34.5 Å². The second-order valence-electron chi connectivity index (χ2n) is 7.29. The summed E-state index contributed by atoms with van der Waals surface area (Å²) in [5.41, 5.74) is 7.20. The minimum atomic E-state index is -0.606. The molecule has 2 fully saturated rings. The van der Waals surface area contributed by atoms with Crippen molar-refractivity contribution >= 4 is 23.2 Å². The number of amides is 2. The molecule has 4 atom stereocenters. The Bertz CT molecular complexity index is 898. The lowest BCUT2D eigenvalue weighted by Crippen LogP contribution is -2.44. The summed E-state index contributed by atoms with van der Waals surface area (Å²) in [6.45, 7) is 0. The fourth-order valence-corrected chi connectivity index (χ4v) is 3.94. The Morgan fingerprint density at radius 1 is 1.07 bits per heavy atom. The maximum Gasteiger partial charge on any atom is 0.291 e. The molecule has 4 unspecified atom stereocenters. The normalized spacial score (nSPS) is 25.8. The number of nitrogens with one attached hydrogen (secondary N) is 4. The first kappa shape index (κ1) is 19.1. The number of hydrogen-bond donors (Lipinski definition) is 4. The Kier molecular flexibility index (Phi) is 5.28. The fourth-order valence-electron chi connectivity index (χ4n) is 3.94. The van der Waals surface area contributed by atoms with E-state index < -0.39 is 12.1 Å². The first-order chi connectivity index (χ1) is 14.0. The lowest BCUT2D eigenvalue weighted by atomic mass is 9.79. The summed E-state index contributed by atoms with van der Waals surface area (Å²) in [4.78, 5) is 35.6. The quantitative estimate of drug-likeness (QED) is 0.444. The zero-order chi connectivity index (χ0) is 20.4. The van der Waals surface area contributed by atoms with Gasteiger partial charge in [-0.25, -0.2) is 5.43 Å². The van der Waals surface area contributed by atoms with E-state index in [1.807, 2.05) is 0 Å². The predicted octanol–water partition coefficient (Wildman–Crippen LogP) is 1.76. The average molecular weight is 399 g/mol. The molecule has 1 saturated heterocycles. The van der Waals surface area contributed by atoms with Crippen molar-refractivity contribution in [2.24, 2.45) is 5.92 Å². The number of rotatable bonds is 5. The second kappa shape index (κ2) is 8.02. The zero-order valence-corrected chi connectivity index (χ0v) is 15.5. The van der Waals surface area contributed by atoms with E-state index in [1.165, 1.54) is 6.26 Å². The molecule has 2 amide bonds. The molecular weight excluding hydrogens is 378 g/mol. The third kappa shape index (κ3) is 4.13. The summed E-state index contributed by atoms with van der Waals surface area (Å²) in [7, 11) is 0. The fraction of sp³-hybridized carbons (Fsp3) is 0.368. The highest BCUT2D eigenvalue weighted by atomic mass is 16.6. The van der Waals surface area contributed by atoms with Crippen LogP contribution in [0, 0.1) is 16.0 Å². The molecular formula is C19H21N5O5. The van der Waals surface area contributed by atoms with Gasteiger partial charge in [-0.05, 0) is 42.8 Å². The number of carbonyl (C=O) groups excluding carboxylic acids is 2. The number of nitrogens with zero attached hydrogens (tertiary/aromatic N) is 1. The Hall–Kier alpha value is -3.24. The number of hydrogen-bond acceptors (Lipinski definition) is 7. The molecule has 10 nitrogen and oxygen atoms in total. The van der Waals surface area contributed by atoms with Crippen molar-refractivity contribution in [2.45, 2.75) is 37.4 Å². The first-order valence-corrected chi connectivity index (χ1v) is 9.41. The van der Waals surface area contributed by atoms with Crippen molar-refractivity contribution in [3.05, 3.63) is 58.5 Å². The molecule has 2 heterocycles. The van der Waals surface area contributed by atoms with E-state index >= 15 is 0 Å². The van der Waals surface area contributed by atoms with E-state index in [0.717, 1.165) is 0 Å². The third-order valence-corrected chi connectivity index (χ3v) is 5.46. The van der Waals surface area contributed by atoms with Crippen LogP contribution in [0.1, 0.15) is 29.8 Å². The smallest absolute Gasteiger partial charge is 0.291 e. The van der Waals surface area contributed by atoms with Crippen LogP contribution in [0.15, 0.2) is 47.1 Å². The molecule has 10 heteroatoms. The van der Waals surface area contributed by atoms with Gasteiger partial charge in [0.25, 0.3) is 5.91 Å². The molecule has 0 radical (unpaired) electrons. The van der Waals surface area contributed by atoms with Crippen LogP contribution in [0.5, 0.6) is 0 Å². The molecule has 1 aromatic carbocycles. The van der Waals surface area contributed by atoms with Crippen molar-refractivity contribution in [3.63, 3.8) is 0 Å². The SMILES string of the molecule is O=C(Nc1ccc(NC(=O)C2NNC3CCC([N+](=O)[O-])CC32)cc1)c1ccco1. The van der Waals surface area contributed by atoms with E-state index in [4.69, 9.17) is 4.42 Å². The van der Waals surface area contributed by atoms with Crippen LogP contribution < -0.4 is 21.5 Å². The molecule has 1 aliphatic heterocycles. The van der Waals surface area contributed by atoms with Crippen LogP contribution >= 0.6 is 0 Å². The summed E-state index contributed by atoms with van der Waals surface area (Å²) in [6, 6.07) is 8.80. The summed E-state index contributed by atoms with van der Waals surface area (Å²) >= 11 is 0. The first-order valence-electron chi connectivity index (χ1n) is 9.41. The van der Waals surface area contributed by atoms with Gasteiger partial charge in [0.1, 0.15) is 6.04 Å². The molecule has 29 heavy (non-hydrogen) atoms. The highest BCUT2D eigenvalue weighted by Crippen LogP contribution is 2.32. The Morgan fingerprint density at radius 2 is 1.79 bits per heavy atom. The van der Waals surface area contributed by atoms with Crippen LogP contribution in [0.4, 0.5) is 11.4 Å². The minimum absolute atomic E-state index is 0.0566. The van der Waals surface area contributed by atoms with Gasteiger partial charge in [-0.2, -0.15) is 0 Å². The van der Waals surface area contributed by atoms with Gasteiger partial charge >= 0.3 is 0 Å². The molecule has 1 aromatic heterocycles. The van der Waals surface area contributed by atoms with E-state index in [2.05, 4.69) is 21.5 Å². The molecule has 0 spiro atoms. The van der Waals surface area contributed by atoms with Crippen molar-refractivity contribution in [3.8, 4) is 0 Å². The van der Waals surface area contributed by atoms with Crippen molar-refractivity contribution < 1.29 is 18.9 Å². The topological polar surface area (TPSA) is 139 Å². The number of anilines is 2. The Balaban J connectivity index is 1.36. The molecule has 1 aliphatic carbocycles. The number of carbonyl (C=O) groups is 2. The number of furan rings is 1. The molecule has 4 rings (SSSR count). The van der Waals surface area contributed by atoms with Crippen molar-refractivity contribution in [2.75, 3.05) is 10.6 Å². The van der Waals surface area contributed by atoms with Crippen LogP contribution in [-0.2, 0) is 4.79 Å². The highest BCUT2D eigenvalue weighted by molar-refractivity contribution is 6.02. The van der Waals surface area contributed by atoms with E-state index in [1.54, 1.807) is 36.4 Å². The minimum Gasteiger partial charge on any atom is -0.459 e. The molecule has 0 bridgehead atoms.